The highest BCUT2D eigenvalue weighted by atomic mass is 16.5. The predicted molar refractivity (Wildman–Crippen MR) is 58.0 cm³/mol. The van der Waals surface area contributed by atoms with Gasteiger partial charge in [0.05, 0.1) is 5.56 Å². The molecule has 0 saturated carbocycles. The normalized spacial score (nSPS) is 10.6. The number of pyridine rings is 1. The van der Waals surface area contributed by atoms with Crippen molar-refractivity contribution >= 4 is 0 Å². The van der Waals surface area contributed by atoms with Crippen LogP contribution in [0.25, 0.3) is 11.5 Å². The molecule has 6 nitrogen and oxygen atoms in total. The summed E-state index contributed by atoms with van der Waals surface area (Å²) in [7, 11) is 1.86. The van der Waals surface area contributed by atoms with Crippen LogP contribution in [0.5, 0.6) is 0 Å². The Balaban J connectivity index is 2.18. The number of aromatic nitrogens is 3. The van der Waals surface area contributed by atoms with Crippen molar-refractivity contribution in [1.82, 2.24) is 20.4 Å². The van der Waals surface area contributed by atoms with Crippen LogP contribution in [0.2, 0.25) is 0 Å². The minimum absolute atomic E-state index is 0.154. The number of aromatic amines is 1. The topological polar surface area (TPSA) is 83.8 Å². The molecule has 0 atom stereocenters. The molecular formula is C10H12N4O2. The minimum Gasteiger partial charge on any atom is -0.334 e. The van der Waals surface area contributed by atoms with Crippen LogP contribution in [-0.2, 0) is 6.42 Å². The number of likely N-dealkylation sites (N-methyl/N-ethyl adjacent to an activating group) is 1. The summed E-state index contributed by atoms with van der Waals surface area (Å²) in [6.07, 6.45) is 2.26. The van der Waals surface area contributed by atoms with Crippen LogP contribution in [0, 0.1) is 0 Å². The Morgan fingerprint density at radius 1 is 1.50 bits per heavy atom. The molecule has 0 spiro atoms. The van der Waals surface area contributed by atoms with E-state index >= 15 is 0 Å². The largest absolute Gasteiger partial charge is 0.334 e. The Labute approximate surface area is 91.7 Å². The molecule has 0 saturated heterocycles. The summed E-state index contributed by atoms with van der Waals surface area (Å²) in [4.78, 5) is 17.6. The maximum absolute atomic E-state index is 10.9. The van der Waals surface area contributed by atoms with E-state index in [9.17, 15) is 4.79 Å². The van der Waals surface area contributed by atoms with Gasteiger partial charge in [-0.3, -0.25) is 4.79 Å². The highest BCUT2D eigenvalue weighted by Crippen LogP contribution is 2.13. The summed E-state index contributed by atoms with van der Waals surface area (Å²) >= 11 is 0. The Bertz CT molecular complexity index is 497. The molecule has 0 aliphatic heterocycles. The van der Waals surface area contributed by atoms with Crippen molar-refractivity contribution in [2.24, 2.45) is 0 Å². The molecule has 0 radical (unpaired) electrons. The van der Waals surface area contributed by atoms with Gasteiger partial charge in [0.25, 0.3) is 5.89 Å². The molecule has 6 heteroatoms. The van der Waals surface area contributed by atoms with Gasteiger partial charge < -0.3 is 14.8 Å². The molecule has 0 bridgehead atoms. The summed E-state index contributed by atoms with van der Waals surface area (Å²) in [6, 6.07) is 3.07. The van der Waals surface area contributed by atoms with Gasteiger partial charge in [0.1, 0.15) is 0 Å². The molecule has 2 aromatic rings. The molecule has 2 rings (SSSR count). The van der Waals surface area contributed by atoms with Gasteiger partial charge in [0, 0.05) is 25.2 Å². The average molecular weight is 220 g/mol. The van der Waals surface area contributed by atoms with Gasteiger partial charge in [-0.05, 0) is 13.1 Å². The van der Waals surface area contributed by atoms with Crippen molar-refractivity contribution < 1.29 is 4.52 Å². The van der Waals surface area contributed by atoms with Crippen molar-refractivity contribution in [1.29, 1.82) is 0 Å². The molecule has 2 N–H and O–H groups in total. The van der Waals surface area contributed by atoms with E-state index in [4.69, 9.17) is 4.52 Å². The molecule has 2 aromatic heterocycles. The number of rotatable bonds is 4. The molecule has 0 amide bonds. The van der Waals surface area contributed by atoms with E-state index in [0.29, 0.717) is 23.7 Å². The summed E-state index contributed by atoms with van der Waals surface area (Å²) in [6.45, 7) is 0.796. The van der Waals surface area contributed by atoms with Gasteiger partial charge in [-0.2, -0.15) is 4.98 Å². The number of hydrogen-bond donors (Lipinski definition) is 2. The van der Waals surface area contributed by atoms with Gasteiger partial charge in [-0.1, -0.05) is 5.16 Å². The first-order valence-electron chi connectivity index (χ1n) is 4.96. The van der Waals surface area contributed by atoms with Crippen molar-refractivity contribution in [3.63, 3.8) is 0 Å². The first-order chi connectivity index (χ1) is 7.79. The number of nitrogens with one attached hydrogen (secondary N) is 2. The van der Waals surface area contributed by atoms with E-state index in [1.54, 1.807) is 12.3 Å². The van der Waals surface area contributed by atoms with E-state index in [1.165, 1.54) is 6.07 Å². The van der Waals surface area contributed by atoms with Gasteiger partial charge >= 0.3 is 0 Å². The zero-order chi connectivity index (χ0) is 11.4. The molecule has 0 unspecified atom stereocenters. The summed E-state index contributed by atoms with van der Waals surface area (Å²) in [5, 5.41) is 6.84. The Kier molecular flexibility index (Phi) is 3.11. The van der Waals surface area contributed by atoms with E-state index < -0.39 is 0 Å². The van der Waals surface area contributed by atoms with Crippen molar-refractivity contribution in [2.45, 2.75) is 6.42 Å². The second kappa shape index (κ2) is 4.71. The Hall–Kier alpha value is -1.95. The molecule has 0 fully saturated rings. The zero-order valence-corrected chi connectivity index (χ0v) is 8.86. The number of nitrogens with zero attached hydrogens (tertiary/aromatic N) is 2. The fourth-order valence-electron chi connectivity index (χ4n) is 1.25. The molecule has 16 heavy (non-hydrogen) atoms. The fraction of sp³-hybridized carbons (Fsp3) is 0.300. The van der Waals surface area contributed by atoms with Crippen LogP contribution in [0.3, 0.4) is 0 Å². The molecule has 0 aromatic carbocycles. The molecule has 0 aliphatic rings. The van der Waals surface area contributed by atoms with Crippen LogP contribution in [0.1, 0.15) is 5.82 Å². The van der Waals surface area contributed by atoms with Crippen molar-refractivity contribution in [3.8, 4) is 11.5 Å². The van der Waals surface area contributed by atoms with E-state index in [1.807, 2.05) is 7.05 Å². The van der Waals surface area contributed by atoms with Crippen LogP contribution >= 0.6 is 0 Å². The van der Waals surface area contributed by atoms with Crippen molar-refractivity contribution in [3.05, 3.63) is 34.5 Å². The van der Waals surface area contributed by atoms with Crippen molar-refractivity contribution in [2.75, 3.05) is 13.6 Å². The lowest BCUT2D eigenvalue weighted by atomic mass is 10.3. The SMILES string of the molecule is CNCCc1noc(-c2ccc(=O)[nH]c2)n1. The first-order valence-corrected chi connectivity index (χ1v) is 4.96. The summed E-state index contributed by atoms with van der Waals surface area (Å²) in [5.74, 6) is 1.07. The van der Waals surface area contributed by atoms with Crippen LogP contribution in [0.15, 0.2) is 27.6 Å². The zero-order valence-electron chi connectivity index (χ0n) is 8.86. The third kappa shape index (κ3) is 2.34. The van der Waals surface area contributed by atoms with Gasteiger partial charge in [-0.25, -0.2) is 0 Å². The smallest absolute Gasteiger partial charge is 0.259 e. The maximum Gasteiger partial charge on any atom is 0.259 e. The summed E-state index contributed by atoms with van der Waals surface area (Å²) < 4.78 is 5.08. The van der Waals surface area contributed by atoms with Crippen LogP contribution in [-0.4, -0.2) is 28.7 Å². The Morgan fingerprint density at radius 2 is 2.38 bits per heavy atom. The third-order valence-corrected chi connectivity index (χ3v) is 2.10. The molecule has 2 heterocycles. The molecular weight excluding hydrogens is 208 g/mol. The maximum atomic E-state index is 10.9. The van der Waals surface area contributed by atoms with Gasteiger partial charge in [0.15, 0.2) is 5.82 Å². The lowest BCUT2D eigenvalue weighted by Gasteiger charge is -1.91. The lowest BCUT2D eigenvalue weighted by Crippen LogP contribution is -2.11. The number of H-pyrrole nitrogens is 1. The predicted octanol–water partition coefficient (Wildman–Crippen LogP) is 0.187. The van der Waals surface area contributed by atoms with Gasteiger partial charge in [0.2, 0.25) is 5.56 Å². The third-order valence-electron chi connectivity index (χ3n) is 2.10. The minimum atomic E-state index is -0.154. The second-order valence-electron chi connectivity index (χ2n) is 3.31. The monoisotopic (exact) mass is 220 g/mol. The first kappa shape index (κ1) is 10.6. The number of hydrogen-bond acceptors (Lipinski definition) is 5. The molecule has 0 aliphatic carbocycles. The standard InChI is InChI=1S/C10H12N4O2/c1-11-5-4-8-13-10(16-14-8)7-2-3-9(15)12-6-7/h2-3,6,11H,4-5H2,1H3,(H,12,15). The lowest BCUT2D eigenvalue weighted by molar-refractivity contribution is 0.422. The average Bonchev–Trinajstić information content (AvgIpc) is 2.76. The van der Waals surface area contributed by atoms with Gasteiger partial charge in [-0.15, -0.1) is 0 Å². The fourth-order valence-corrected chi connectivity index (χ4v) is 1.25. The van der Waals surface area contributed by atoms with E-state index in [-0.39, 0.29) is 5.56 Å². The van der Waals surface area contributed by atoms with E-state index in [0.717, 1.165) is 6.54 Å². The van der Waals surface area contributed by atoms with Crippen LogP contribution < -0.4 is 10.9 Å². The highest BCUT2D eigenvalue weighted by Gasteiger charge is 2.07. The highest BCUT2D eigenvalue weighted by molar-refractivity contribution is 5.50. The quantitative estimate of drug-likeness (QED) is 0.768. The van der Waals surface area contributed by atoms with E-state index in [2.05, 4.69) is 20.4 Å². The molecule has 84 valence electrons. The second-order valence-corrected chi connectivity index (χ2v) is 3.31. The summed E-state index contributed by atoms with van der Waals surface area (Å²) in [5.41, 5.74) is 0.557. The Morgan fingerprint density at radius 3 is 3.06 bits per heavy atom. The van der Waals surface area contributed by atoms with Crippen LogP contribution in [0.4, 0.5) is 0 Å².